The van der Waals surface area contributed by atoms with Crippen molar-refractivity contribution >= 4 is 17.2 Å². The first-order chi connectivity index (χ1) is 9.00. The predicted octanol–water partition coefficient (Wildman–Crippen LogP) is 2.05. The molecule has 1 aliphatic rings. The summed E-state index contributed by atoms with van der Waals surface area (Å²) in [5.74, 6) is 1.03. The molecule has 1 aliphatic heterocycles. The average Bonchev–Trinajstić information content (AvgIpc) is 2.99. The molecule has 0 radical (unpaired) electrons. The zero-order valence-electron chi connectivity index (χ0n) is 12.2. The highest BCUT2D eigenvalue weighted by Crippen LogP contribution is 2.29. The molecule has 2 rings (SSSR count). The molecule has 0 spiro atoms. The Morgan fingerprint density at radius 3 is 2.79 bits per heavy atom. The third-order valence-corrected chi connectivity index (χ3v) is 4.68. The lowest BCUT2D eigenvalue weighted by molar-refractivity contribution is -0.136. The van der Waals surface area contributed by atoms with Crippen molar-refractivity contribution in [2.75, 3.05) is 27.2 Å². The number of hydrogen-bond acceptors (Lipinski definition) is 4. The van der Waals surface area contributed by atoms with E-state index in [1.165, 1.54) is 5.01 Å². The van der Waals surface area contributed by atoms with Gasteiger partial charge < -0.3 is 4.90 Å². The lowest BCUT2D eigenvalue weighted by Crippen LogP contribution is -2.47. The fraction of sp³-hybridized carbons (Fsp3) is 0.714. The van der Waals surface area contributed by atoms with E-state index in [4.69, 9.17) is 0 Å². The summed E-state index contributed by atoms with van der Waals surface area (Å²) in [6.07, 6.45) is 2.89. The molecule has 1 aromatic heterocycles. The third-order valence-electron chi connectivity index (χ3n) is 3.74. The van der Waals surface area contributed by atoms with E-state index in [0.29, 0.717) is 11.8 Å². The molecule has 1 fully saturated rings. The highest BCUT2D eigenvalue weighted by molar-refractivity contribution is 7.09. The molecule has 1 amide bonds. The first kappa shape index (κ1) is 14.5. The van der Waals surface area contributed by atoms with Crippen molar-refractivity contribution in [3.63, 3.8) is 0 Å². The Morgan fingerprint density at radius 1 is 1.53 bits per heavy atom. The van der Waals surface area contributed by atoms with Crippen molar-refractivity contribution in [2.45, 2.75) is 32.2 Å². The quantitative estimate of drug-likeness (QED) is 0.847. The van der Waals surface area contributed by atoms with E-state index < -0.39 is 0 Å². The molecule has 1 unspecified atom stereocenters. The lowest BCUT2D eigenvalue weighted by Gasteiger charge is -2.30. The van der Waals surface area contributed by atoms with Crippen LogP contribution in [0, 0.1) is 5.92 Å². The zero-order chi connectivity index (χ0) is 14.0. The summed E-state index contributed by atoms with van der Waals surface area (Å²) in [5.41, 5.74) is 0. The second kappa shape index (κ2) is 6.01. The van der Waals surface area contributed by atoms with E-state index in [-0.39, 0.29) is 11.9 Å². The van der Waals surface area contributed by atoms with E-state index >= 15 is 0 Å². The number of carbonyl (C=O) groups excluding carboxylic acids is 1. The van der Waals surface area contributed by atoms with Gasteiger partial charge in [0.1, 0.15) is 0 Å². The summed E-state index contributed by atoms with van der Waals surface area (Å²) >= 11 is 1.70. The van der Waals surface area contributed by atoms with Gasteiger partial charge in [-0.15, -0.1) is 11.3 Å². The molecule has 0 bridgehead atoms. The Morgan fingerprint density at radius 2 is 2.26 bits per heavy atom. The smallest absolute Gasteiger partial charge is 0.240 e. The van der Waals surface area contributed by atoms with Crippen LogP contribution in [0.1, 0.15) is 31.2 Å². The number of hydrogen-bond donors (Lipinski definition) is 0. The van der Waals surface area contributed by atoms with Gasteiger partial charge in [0.15, 0.2) is 0 Å². The van der Waals surface area contributed by atoms with Gasteiger partial charge in [-0.2, -0.15) is 0 Å². The molecule has 106 valence electrons. The zero-order valence-corrected chi connectivity index (χ0v) is 13.0. The number of carbonyl (C=O) groups is 1. The van der Waals surface area contributed by atoms with Crippen molar-refractivity contribution in [3.05, 3.63) is 16.6 Å². The Balaban J connectivity index is 2.02. The van der Waals surface area contributed by atoms with Crippen molar-refractivity contribution in [2.24, 2.45) is 5.92 Å². The summed E-state index contributed by atoms with van der Waals surface area (Å²) in [5, 5.41) is 3.18. The fourth-order valence-corrected chi connectivity index (χ4v) is 3.66. The SMILES string of the molecule is CC(C)[C@H](C(=O)N1CCC(c2nccs2)C1)N(C)C. The predicted molar refractivity (Wildman–Crippen MR) is 78.4 cm³/mol. The van der Waals surface area contributed by atoms with Crippen LogP contribution in [0.4, 0.5) is 0 Å². The summed E-state index contributed by atoms with van der Waals surface area (Å²) in [6, 6.07) is -0.0185. The number of likely N-dealkylation sites (N-methyl/N-ethyl adjacent to an activating group) is 1. The maximum Gasteiger partial charge on any atom is 0.240 e. The highest BCUT2D eigenvalue weighted by Gasteiger charge is 2.34. The minimum absolute atomic E-state index is 0.0185. The van der Waals surface area contributed by atoms with Crippen LogP contribution in [0.15, 0.2) is 11.6 Å². The second-order valence-corrected chi connectivity index (χ2v) is 6.72. The number of rotatable bonds is 4. The van der Waals surface area contributed by atoms with Crippen molar-refractivity contribution in [1.82, 2.24) is 14.8 Å². The molecule has 1 aromatic rings. The fourth-order valence-electron chi connectivity index (χ4n) is 2.89. The molecule has 4 nitrogen and oxygen atoms in total. The number of nitrogens with zero attached hydrogens (tertiary/aromatic N) is 3. The highest BCUT2D eigenvalue weighted by atomic mass is 32.1. The van der Waals surface area contributed by atoms with Crippen molar-refractivity contribution < 1.29 is 4.79 Å². The second-order valence-electron chi connectivity index (χ2n) is 5.79. The number of likely N-dealkylation sites (tertiary alicyclic amines) is 1. The van der Waals surface area contributed by atoms with Gasteiger partial charge in [-0.05, 0) is 26.4 Å². The average molecular weight is 281 g/mol. The topological polar surface area (TPSA) is 36.4 Å². The Bertz CT molecular complexity index is 408. The maximum atomic E-state index is 12.6. The Kier molecular flexibility index (Phi) is 4.58. The van der Waals surface area contributed by atoms with Crippen LogP contribution in [0.3, 0.4) is 0 Å². The van der Waals surface area contributed by atoms with Crippen LogP contribution >= 0.6 is 11.3 Å². The molecule has 0 aliphatic carbocycles. The van der Waals surface area contributed by atoms with Gasteiger partial charge in [0.05, 0.1) is 11.0 Å². The molecule has 0 N–H and O–H groups in total. The lowest BCUT2D eigenvalue weighted by atomic mass is 10.0. The van der Waals surface area contributed by atoms with E-state index in [1.807, 2.05) is 35.5 Å². The van der Waals surface area contributed by atoms with Gasteiger partial charge in [0.25, 0.3) is 0 Å². The molecule has 2 atom stereocenters. The standard InChI is InChI=1S/C14H23N3OS/c1-10(2)12(16(3)4)14(18)17-7-5-11(9-17)13-15-6-8-19-13/h6,8,10-12H,5,7,9H2,1-4H3/t11?,12-/m1/s1. The summed E-state index contributed by atoms with van der Waals surface area (Å²) in [7, 11) is 3.97. The Hall–Kier alpha value is -0.940. The van der Waals surface area contributed by atoms with Gasteiger partial charge in [-0.1, -0.05) is 13.8 Å². The van der Waals surface area contributed by atoms with Crippen LogP contribution in [0.5, 0.6) is 0 Å². The molecule has 5 heteroatoms. The van der Waals surface area contributed by atoms with E-state index in [2.05, 4.69) is 18.8 Å². The maximum absolute atomic E-state index is 12.6. The Labute approximate surface area is 119 Å². The van der Waals surface area contributed by atoms with Crippen LogP contribution < -0.4 is 0 Å². The molecule has 19 heavy (non-hydrogen) atoms. The van der Waals surface area contributed by atoms with Gasteiger partial charge in [-0.3, -0.25) is 9.69 Å². The number of amides is 1. The van der Waals surface area contributed by atoms with Crippen LogP contribution in [-0.2, 0) is 4.79 Å². The van der Waals surface area contributed by atoms with Gasteiger partial charge in [-0.25, -0.2) is 4.98 Å². The van der Waals surface area contributed by atoms with Crippen LogP contribution in [0.25, 0.3) is 0 Å². The summed E-state index contributed by atoms with van der Waals surface area (Å²) < 4.78 is 0. The van der Waals surface area contributed by atoms with E-state index in [0.717, 1.165) is 19.5 Å². The normalized spacial score (nSPS) is 21.4. The summed E-state index contributed by atoms with van der Waals surface area (Å²) in [6.45, 7) is 5.90. The van der Waals surface area contributed by atoms with Gasteiger partial charge >= 0.3 is 0 Å². The first-order valence-electron chi connectivity index (χ1n) is 6.85. The monoisotopic (exact) mass is 281 g/mol. The largest absolute Gasteiger partial charge is 0.341 e. The van der Waals surface area contributed by atoms with Crippen molar-refractivity contribution in [1.29, 1.82) is 0 Å². The molecular formula is C14H23N3OS. The number of thiazole rings is 1. The molecule has 1 saturated heterocycles. The van der Waals surface area contributed by atoms with Gasteiger partial charge in [0, 0.05) is 30.6 Å². The van der Waals surface area contributed by atoms with Crippen LogP contribution in [-0.4, -0.2) is 53.9 Å². The van der Waals surface area contributed by atoms with E-state index in [1.54, 1.807) is 11.3 Å². The molecule has 2 heterocycles. The third kappa shape index (κ3) is 3.15. The van der Waals surface area contributed by atoms with Crippen molar-refractivity contribution in [3.8, 4) is 0 Å². The molecular weight excluding hydrogens is 258 g/mol. The minimum Gasteiger partial charge on any atom is -0.341 e. The molecule has 0 aromatic carbocycles. The molecule has 0 saturated carbocycles. The van der Waals surface area contributed by atoms with Gasteiger partial charge in [0.2, 0.25) is 5.91 Å². The van der Waals surface area contributed by atoms with Crippen LogP contribution in [0.2, 0.25) is 0 Å². The van der Waals surface area contributed by atoms with E-state index in [9.17, 15) is 4.79 Å². The minimum atomic E-state index is -0.0185. The number of aromatic nitrogens is 1. The summed E-state index contributed by atoms with van der Waals surface area (Å²) in [4.78, 5) is 21.0. The first-order valence-corrected chi connectivity index (χ1v) is 7.73.